The van der Waals surface area contributed by atoms with Crippen LogP contribution in [0.25, 0.3) is 0 Å². The Kier molecular flexibility index (Phi) is 15.1. The number of hydrogen-bond donors (Lipinski definition) is 3. The Morgan fingerprint density at radius 2 is 1.61 bits per heavy atom. The van der Waals surface area contributed by atoms with E-state index in [1.165, 1.54) is 38.2 Å². The van der Waals surface area contributed by atoms with Crippen LogP contribution in [0.2, 0.25) is 0 Å². The van der Waals surface area contributed by atoms with Crippen LogP contribution in [0.1, 0.15) is 133 Å². The first-order valence-corrected chi connectivity index (χ1v) is 22.2. The van der Waals surface area contributed by atoms with E-state index in [0.29, 0.717) is 12.0 Å². The maximum atomic E-state index is 14.0. The number of esters is 2. The van der Waals surface area contributed by atoms with Crippen molar-refractivity contribution in [3.63, 3.8) is 0 Å². The summed E-state index contributed by atoms with van der Waals surface area (Å²) in [7, 11) is 0. The third kappa shape index (κ3) is 9.00. The molecule has 2 unspecified atom stereocenters. The first-order valence-electron chi connectivity index (χ1n) is 22.2. The van der Waals surface area contributed by atoms with E-state index in [-0.39, 0.29) is 31.5 Å². The van der Waals surface area contributed by atoms with Crippen LogP contribution in [0, 0.1) is 46.3 Å². The lowest BCUT2D eigenvalue weighted by Gasteiger charge is -2.71. The van der Waals surface area contributed by atoms with Crippen molar-refractivity contribution >= 4 is 23.9 Å². The van der Waals surface area contributed by atoms with Gasteiger partial charge in [-0.1, -0.05) is 99.0 Å². The molecule has 2 aliphatic heterocycles. The van der Waals surface area contributed by atoms with Gasteiger partial charge in [-0.2, -0.15) is 0 Å². The number of aliphatic hydroxyl groups is 3. The molecule has 0 spiro atoms. The molecule has 0 radical (unpaired) electrons. The molecule has 0 aromatic rings. The topological polar surface area (TPSA) is 207 Å². The number of unbranched alkanes of at least 4 members (excludes halogenated alkanes) is 7. The lowest BCUT2D eigenvalue weighted by atomic mass is 9.37. The summed E-state index contributed by atoms with van der Waals surface area (Å²) in [4.78, 5) is 54.9. The van der Waals surface area contributed by atoms with E-state index in [1.807, 2.05) is 6.92 Å². The predicted molar refractivity (Wildman–Crippen MR) is 212 cm³/mol. The van der Waals surface area contributed by atoms with Gasteiger partial charge in [-0.15, -0.1) is 6.61 Å². The molecule has 0 bridgehead atoms. The molecule has 14 heteroatoms. The molecule has 2 saturated heterocycles. The lowest BCUT2D eigenvalue weighted by molar-refractivity contribution is -0.440. The molecule has 0 amide bonds. The molecule has 14 nitrogen and oxygen atoms in total. The van der Waals surface area contributed by atoms with Gasteiger partial charge >= 0.3 is 18.1 Å². The first-order chi connectivity index (χ1) is 27.7. The Morgan fingerprint density at radius 3 is 2.22 bits per heavy atom. The van der Waals surface area contributed by atoms with Gasteiger partial charge in [-0.05, 0) is 56.4 Å². The van der Waals surface area contributed by atoms with Crippen LogP contribution in [0.4, 0.5) is 4.79 Å². The van der Waals surface area contributed by atoms with Gasteiger partial charge in [0.2, 0.25) is 6.10 Å². The summed E-state index contributed by atoms with van der Waals surface area (Å²) >= 11 is 0. The van der Waals surface area contributed by atoms with E-state index in [4.69, 9.17) is 28.4 Å². The summed E-state index contributed by atoms with van der Waals surface area (Å²) in [5.41, 5.74) is -4.08. The standard InChI is InChI=1S/C45H71O14/c1-10-11-12-13-14-15-16-17-18-42(8)55-23-29(59-42)22-54-41(52)58-39-31(47)19-27(6)30-20-32-44(24-46)34(28(7)35(49)36(50)38(44)43(30,39)9)37(40(51)56-32)57-33(48)21-45(53,25(2)3)26(4)5/h19,25-26,28-30,32,34-39,49-50,53H,10-18,20-24H2,1-9H3/q-1/t28-,29?,30+,32-,34-,35-,36-,37-,38-,39-,42?,43+,44+/m1/s1. The SMILES string of the molecule is CCCCCCCCCCC1(C)OCC(COC(=O)O[C@@H]2C(=O)C=C(C)[C@@H]3C[C@H]4OC(=O)[C@H](OC(=O)CC(O)(C(C)C)C(C)C)[C@H]5[C@@H](C)[C@@H](O)[C@@H](O)[C@H]([C@@]23C)[C@]54C[O-])O1. The third-order valence-corrected chi connectivity index (χ3v) is 15.0. The molecule has 0 aromatic carbocycles. The van der Waals surface area contributed by atoms with Crippen LogP contribution in [0.15, 0.2) is 11.6 Å². The molecule has 4 fully saturated rings. The number of fused-ring (bicyclic) bond motifs is 2. The number of carbonyl (C=O) groups is 4. The Morgan fingerprint density at radius 1 is 0.983 bits per heavy atom. The quantitative estimate of drug-likeness (QED) is 0.0950. The van der Waals surface area contributed by atoms with Crippen molar-refractivity contribution in [3.05, 3.63) is 11.6 Å². The molecule has 0 aromatic heterocycles. The summed E-state index contributed by atoms with van der Waals surface area (Å²) in [6.07, 6.45) is 1.81. The first kappa shape index (κ1) is 47.4. The van der Waals surface area contributed by atoms with Crippen molar-refractivity contribution in [1.82, 2.24) is 0 Å². The summed E-state index contributed by atoms with van der Waals surface area (Å²) in [6, 6.07) is 0. The molecule has 336 valence electrons. The molecule has 2 saturated carbocycles. The predicted octanol–water partition coefficient (Wildman–Crippen LogP) is 4.95. The summed E-state index contributed by atoms with van der Waals surface area (Å²) in [5.74, 6) is -7.92. The zero-order valence-corrected chi connectivity index (χ0v) is 36.7. The number of carbonyl (C=O) groups excluding carboxylic acids is 4. The molecule has 3 aliphatic carbocycles. The van der Waals surface area contributed by atoms with Crippen molar-refractivity contribution < 1.29 is 68.0 Å². The van der Waals surface area contributed by atoms with E-state index in [0.717, 1.165) is 19.3 Å². The van der Waals surface area contributed by atoms with Gasteiger partial charge in [0.15, 0.2) is 17.7 Å². The van der Waals surface area contributed by atoms with Crippen LogP contribution < -0.4 is 5.11 Å². The van der Waals surface area contributed by atoms with Crippen molar-refractivity contribution in [2.75, 3.05) is 19.8 Å². The maximum absolute atomic E-state index is 14.0. The second kappa shape index (κ2) is 18.8. The number of ketones is 1. The highest BCUT2D eigenvalue weighted by atomic mass is 16.8. The fraction of sp³-hybridized carbons (Fsp3) is 0.867. The van der Waals surface area contributed by atoms with Crippen LogP contribution in [-0.2, 0) is 42.8 Å². The smallest absolute Gasteiger partial charge is 0.509 e. The Bertz CT molecular complexity index is 1540. The van der Waals surface area contributed by atoms with Crippen molar-refractivity contribution in [2.45, 2.75) is 181 Å². The Balaban J connectivity index is 1.34. The van der Waals surface area contributed by atoms with Gasteiger partial charge in [0.25, 0.3) is 0 Å². The summed E-state index contributed by atoms with van der Waals surface area (Å²) in [6.45, 7) is 15.2. The van der Waals surface area contributed by atoms with E-state index in [9.17, 15) is 39.6 Å². The van der Waals surface area contributed by atoms with Crippen LogP contribution in [-0.4, -0.2) is 107 Å². The number of hydrogen-bond acceptors (Lipinski definition) is 14. The third-order valence-electron chi connectivity index (χ3n) is 15.0. The highest BCUT2D eigenvalue weighted by molar-refractivity contribution is 5.97. The molecule has 59 heavy (non-hydrogen) atoms. The van der Waals surface area contributed by atoms with Gasteiger partial charge in [-0.3, -0.25) is 9.59 Å². The van der Waals surface area contributed by atoms with E-state index < -0.39 is 119 Å². The summed E-state index contributed by atoms with van der Waals surface area (Å²) in [5, 5.41) is 49.1. The average molecular weight is 836 g/mol. The molecular formula is C45H71O14-. The second-order valence-corrected chi connectivity index (χ2v) is 19.3. The Labute approximate surface area is 350 Å². The molecule has 13 atom stereocenters. The highest BCUT2D eigenvalue weighted by Crippen LogP contribution is 2.68. The lowest BCUT2D eigenvalue weighted by Crippen LogP contribution is -2.79. The highest BCUT2D eigenvalue weighted by Gasteiger charge is 2.75. The zero-order chi connectivity index (χ0) is 43.7. The normalized spacial score (nSPS) is 38.1. The molecule has 5 rings (SSSR count). The number of allylic oxidation sites excluding steroid dienone is 1. The van der Waals surface area contributed by atoms with Crippen molar-refractivity contribution in [3.8, 4) is 0 Å². The van der Waals surface area contributed by atoms with Gasteiger partial charge < -0.3 is 48.8 Å². The molecule has 2 heterocycles. The number of rotatable bonds is 18. The van der Waals surface area contributed by atoms with Gasteiger partial charge in [0, 0.05) is 29.1 Å². The van der Waals surface area contributed by atoms with Crippen LogP contribution in [0.3, 0.4) is 0 Å². The number of ether oxygens (including phenoxy) is 6. The second-order valence-electron chi connectivity index (χ2n) is 19.3. The molecular weight excluding hydrogens is 764 g/mol. The minimum atomic E-state index is -1.67. The Hall–Kier alpha value is -2.62. The van der Waals surface area contributed by atoms with Gasteiger partial charge in [0.05, 0.1) is 30.8 Å². The largest absolute Gasteiger partial charge is 0.854 e. The minimum Gasteiger partial charge on any atom is -0.854 e. The minimum absolute atomic E-state index is 0.0450. The van der Waals surface area contributed by atoms with Crippen LogP contribution in [0.5, 0.6) is 0 Å². The van der Waals surface area contributed by atoms with E-state index in [1.54, 1.807) is 48.5 Å². The van der Waals surface area contributed by atoms with Gasteiger partial charge in [0.1, 0.15) is 18.8 Å². The molecule has 3 N–H and O–H groups in total. The summed E-state index contributed by atoms with van der Waals surface area (Å²) < 4.78 is 35.4. The fourth-order valence-corrected chi connectivity index (χ4v) is 11.6. The van der Waals surface area contributed by atoms with Crippen molar-refractivity contribution in [2.24, 2.45) is 46.3 Å². The fourth-order valence-electron chi connectivity index (χ4n) is 11.6. The molecule has 5 aliphatic rings. The average Bonchev–Trinajstić information content (AvgIpc) is 3.55. The van der Waals surface area contributed by atoms with E-state index >= 15 is 0 Å². The monoisotopic (exact) mass is 835 g/mol. The number of aliphatic hydroxyl groups excluding tert-OH is 2. The van der Waals surface area contributed by atoms with Crippen molar-refractivity contribution in [1.29, 1.82) is 0 Å². The zero-order valence-electron chi connectivity index (χ0n) is 36.7. The van der Waals surface area contributed by atoms with E-state index in [2.05, 4.69) is 6.92 Å². The van der Waals surface area contributed by atoms with Crippen LogP contribution >= 0.6 is 0 Å². The maximum Gasteiger partial charge on any atom is 0.509 e. The van der Waals surface area contributed by atoms with Gasteiger partial charge in [-0.25, -0.2) is 9.59 Å².